The van der Waals surface area contributed by atoms with Gasteiger partial charge in [0.25, 0.3) is 5.92 Å². The molecule has 6 heteroatoms. The lowest BCUT2D eigenvalue weighted by Crippen LogP contribution is -2.52. The molecule has 2 saturated carbocycles. The number of esters is 1. The number of benzene rings is 2. The molecule has 4 nitrogen and oxygen atoms in total. The molecule has 0 unspecified atom stereocenters. The van der Waals surface area contributed by atoms with Gasteiger partial charge in [-0.05, 0) is 66.8 Å². The van der Waals surface area contributed by atoms with Gasteiger partial charge in [0.2, 0.25) is 0 Å². The first kappa shape index (κ1) is 26.4. The van der Waals surface area contributed by atoms with Gasteiger partial charge in [0, 0.05) is 18.0 Å². The molecule has 2 aliphatic carbocycles. The Morgan fingerprint density at radius 2 is 1.72 bits per heavy atom. The highest BCUT2D eigenvalue weighted by Crippen LogP contribution is 2.45. The minimum atomic E-state index is -3.01. The molecule has 2 fully saturated rings. The largest absolute Gasteiger partial charge is 0.497 e. The van der Waals surface area contributed by atoms with Crippen molar-refractivity contribution in [2.45, 2.75) is 82.8 Å². The van der Waals surface area contributed by atoms with E-state index in [1.807, 2.05) is 18.2 Å². The Kier molecular flexibility index (Phi) is 7.91. The van der Waals surface area contributed by atoms with Crippen LogP contribution in [0.5, 0.6) is 5.75 Å². The maximum atomic E-state index is 15.1. The SMILES string of the molecule is COc1ccc(N[C@H]2[C@@H](C(=O)O[C@@H]3C[C@H](C)CC[C@H]3C(C)(C)c3ccccc3)CCCC2(F)F)cc1. The highest BCUT2D eigenvalue weighted by atomic mass is 19.3. The minimum absolute atomic E-state index is 0.122. The predicted octanol–water partition coefficient (Wildman–Crippen LogP) is 7.24. The number of alkyl halides is 2. The van der Waals surface area contributed by atoms with E-state index in [2.05, 4.69) is 38.2 Å². The standard InChI is InChI=1S/C30H39F2NO3/c1-20-12-17-25(29(2,3)21-9-6-5-7-10-21)26(19-20)36-28(34)24-11-8-18-30(31,32)27(24)33-22-13-15-23(35-4)16-14-22/h5-7,9-10,13-16,20,24-27,33H,8,11-12,17-19H2,1-4H3/t20-,24+,25-,26-,27+/m1/s1. The molecular formula is C30H39F2NO3. The summed E-state index contributed by atoms with van der Waals surface area (Å²) in [6.45, 7) is 6.58. The number of hydrogen-bond donors (Lipinski definition) is 1. The zero-order valence-corrected chi connectivity index (χ0v) is 21.8. The molecule has 0 bridgehead atoms. The van der Waals surface area contributed by atoms with Crippen molar-refractivity contribution < 1.29 is 23.0 Å². The Hall–Kier alpha value is -2.63. The van der Waals surface area contributed by atoms with Crippen LogP contribution in [-0.2, 0) is 14.9 Å². The normalized spacial score (nSPS) is 28.2. The third kappa shape index (κ3) is 5.68. The summed E-state index contributed by atoms with van der Waals surface area (Å²) in [6.07, 6.45) is 2.91. The number of ether oxygens (including phenoxy) is 2. The monoisotopic (exact) mass is 499 g/mol. The van der Waals surface area contributed by atoms with Gasteiger partial charge in [-0.2, -0.15) is 0 Å². The van der Waals surface area contributed by atoms with Crippen molar-refractivity contribution in [1.82, 2.24) is 0 Å². The fourth-order valence-electron chi connectivity index (χ4n) is 6.10. The molecule has 0 aromatic heterocycles. The summed E-state index contributed by atoms with van der Waals surface area (Å²) in [5.41, 5.74) is 1.53. The molecule has 1 N–H and O–H groups in total. The molecular weight excluding hydrogens is 460 g/mol. The molecule has 2 aromatic rings. The van der Waals surface area contributed by atoms with Crippen molar-refractivity contribution >= 4 is 11.7 Å². The average Bonchev–Trinajstić information content (AvgIpc) is 2.86. The maximum Gasteiger partial charge on any atom is 0.311 e. The summed E-state index contributed by atoms with van der Waals surface area (Å²) < 4.78 is 41.6. The van der Waals surface area contributed by atoms with Gasteiger partial charge in [0.1, 0.15) is 17.9 Å². The van der Waals surface area contributed by atoms with Gasteiger partial charge >= 0.3 is 5.97 Å². The van der Waals surface area contributed by atoms with E-state index in [1.54, 1.807) is 31.4 Å². The number of halogens is 2. The highest BCUT2D eigenvalue weighted by molar-refractivity contribution is 5.75. The number of carbonyl (C=O) groups excluding carboxylic acids is 1. The van der Waals surface area contributed by atoms with Crippen LogP contribution < -0.4 is 10.1 Å². The average molecular weight is 500 g/mol. The third-order valence-corrected chi connectivity index (χ3v) is 8.36. The molecule has 0 heterocycles. The first-order chi connectivity index (χ1) is 17.1. The Balaban J connectivity index is 1.54. The van der Waals surface area contributed by atoms with Crippen LogP contribution in [-0.4, -0.2) is 31.1 Å². The molecule has 0 amide bonds. The zero-order valence-electron chi connectivity index (χ0n) is 21.8. The number of hydrogen-bond acceptors (Lipinski definition) is 4. The van der Waals surface area contributed by atoms with Crippen molar-refractivity contribution in [1.29, 1.82) is 0 Å². The molecule has 0 spiro atoms. The van der Waals surface area contributed by atoms with E-state index in [1.165, 1.54) is 5.56 Å². The molecule has 2 aliphatic rings. The molecule has 36 heavy (non-hydrogen) atoms. The minimum Gasteiger partial charge on any atom is -0.497 e. The van der Waals surface area contributed by atoms with Gasteiger partial charge in [-0.25, -0.2) is 8.78 Å². The quantitative estimate of drug-likeness (QED) is 0.408. The van der Waals surface area contributed by atoms with E-state index in [9.17, 15) is 4.79 Å². The fraction of sp³-hybridized carbons (Fsp3) is 0.567. The van der Waals surface area contributed by atoms with Crippen LogP contribution in [0.1, 0.15) is 64.9 Å². The second-order valence-electron chi connectivity index (χ2n) is 11.2. The van der Waals surface area contributed by atoms with Crippen LogP contribution in [0, 0.1) is 17.8 Å². The molecule has 0 radical (unpaired) electrons. The van der Waals surface area contributed by atoms with Crippen LogP contribution in [0.15, 0.2) is 54.6 Å². The molecule has 4 rings (SSSR count). The summed E-state index contributed by atoms with van der Waals surface area (Å²) in [6, 6.07) is 15.8. The summed E-state index contributed by atoms with van der Waals surface area (Å²) in [7, 11) is 1.56. The molecule has 196 valence electrons. The zero-order chi connectivity index (χ0) is 25.9. The second kappa shape index (κ2) is 10.8. The summed E-state index contributed by atoms with van der Waals surface area (Å²) in [5, 5.41) is 2.96. The first-order valence-corrected chi connectivity index (χ1v) is 13.2. The van der Waals surface area contributed by atoms with E-state index in [0.29, 0.717) is 30.2 Å². The number of nitrogens with one attached hydrogen (secondary N) is 1. The Labute approximate surface area is 213 Å². The number of rotatable bonds is 7. The Morgan fingerprint density at radius 3 is 2.39 bits per heavy atom. The molecule has 0 aliphatic heterocycles. The fourth-order valence-corrected chi connectivity index (χ4v) is 6.10. The summed E-state index contributed by atoms with van der Waals surface area (Å²) >= 11 is 0. The van der Waals surface area contributed by atoms with E-state index in [-0.39, 0.29) is 23.9 Å². The molecule has 2 aromatic carbocycles. The van der Waals surface area contributed by atoms with E-state index < -0.39 is 23.9 Å². The van der Waals surface area contributed by atoms with Crippen molar-refractivity contribution in [2.24, 2.45) is 17.8 Å². The lowest BCUT2D eigenvalue weighted by atomic mass is 9.64. The van der Waals surface area contributed by atoms with Crippen molar-refractivity contribution in [3.05, 3.63) is 60.2 Å². The lowest BCUT2D eigenvalue weighted by Gasteiger charge is -2.45. The lowest BCUT2D eigenvalue weighted by molar-refractivity contribution is -0.169. The van der Waals surface area contributed by atoms with Crippen LogP contribution in [0.4, 0.5) is 14.5 Å². The van der Waals surface area contributed by atoms with Crippen LogP contribution >= 0.6 is 0 Å². The van der Waals surface area contributed by atoms with Crippen molar-refractivity contribution in [2.75, 3.05) is 12.4 Å². The highest BCUT2D eigenvalue weighted by Gasteiger charge is 2.51. The molecule has 5 atom stereocenters. The topological polar surface area (TPSA) is 47.6 Å². The van der Waals surface area contributed by atoms with Gasteiger partial charge in [0.15, 0.2) is 0 Å². The Morgan fingerprint density at radius 1 is 1.03 bits per heavy atom. The van der Waals surface area contributed by atoms with Gasteiger partial charge in [-0.1, -0.05) is 57.5 Å². The van der Waals surface area contributed by atoms with Gasteiger partial charge < -0.3 is 14.8 Å². The van der Waals surface area contributed by atoms with Gasteiger partial charge in [0.05, 0.1) is 13.0 Å². The van der Waals surface area contributed by atoms with E-state index in [4.69, 9.17) is 9.47 Å². The number of anilines is 1. The second-order valence-corrected chi connectivity index (χ2v) is 11.2. The van der Waals surface area contributed by atoms with Crippen LogP contribution in [0.25, 0.3) is 0 Å². The first-order valence-electron chi connectivity index (χ1n) is 13.2. The number of carbonyl (C=O) groups is 1. The van der Waals surface area contributed by atoms with E-state index >= 15 is 8.78 Å². The predicted molar refractivity (Wildman–Crippen MR) is 139 cm³/mol. The van der Waals surface area contributed by atoms with Gasteiger partial charge in [-0.15, -0.1) is 0 Å². The van der Waals surface area contributed by atoms with Crippen molar-refractivity contribution in [3.63, 3.8) is 0 Å². The smallest absolute Gasteiger partial charge is 0.311 e. The van der Waals surface area contributed by atoms with Crippen LogP contribution in [0.2, 0.25) is 0 Å². The third-order valence-electron chi connectivity index (χ3n) is 8.36. The van der Waals surface area contributed by atoms with E-state index in [0.717, 1.165) is 19.3 Å². The maximum absolute atomic E-state index is 15.1. The molecule has 0 saturated heterocycles. The summed E-state index contributed by atoms with van der Waals surface area (Å²) in [4.78, 5) is 13.6. The number of methoxy groups -OCH3 is 1. The summed E-state index contributed by atoms with van der Waals surface area (Å²) in [5.74, 6) is -3.24. The van der Waals surface area contributed by atoms with Crippen molar-refractivity contribution in [3.8, 4) is 5.75 Å². The Bertz CT molecular complexity index is 1010. The van der Waals surface area contributed by atoms with Crippen LogP contribution in [0.3, 0.4) is 0 Å². The van der Waals surface area contributed by atoms with Gasteiger partial charge in [-0.3, -0.25) is 4.79 Å².